The summed E-state index contributed by atoms with van der Waals surface area (Å²) in [4.78, 5) is 14.1. The first-order valence-corrected chi connectivity index (χ1v) is 7.32. The Morgan fingerprint density at radius 1 is 1.47 bits per heavy atom. The molecule has 19 heavy (non-hydrogen) atoms. The molecule has 2 aromatic rings. The molecule has 2 rings (SSSR count). The first-order valence-electron chi connectivity index (χ1n) is 4.96. The molecule has 0 aliphatic rings. The van der Waals surface area contributed by atoms with E-state index in [1.807, 2.05) is 0 Å². The van der Waals surface area contributed by atoms with Crippen LogP contribution < -0.4 is 4.72 Å². The van der Waals surface area contributed by atoms with Crippen LogP contribution in [0.4, 0.5) is 6.01 Å². The lowest BCUT2D eigenvalue weighted by molar-refractivity contribution is 0.0698. The Morgan fingerprint density at radius 2 is 2.16 bits per heavy atom. The zero-order valence-corrected chi connectivity index (χ0v) is 11.5. The summed E-state index contributed by atoms with van der Waals surface area (Å²) >= 11 is 0.842. The molecule has 0 bridgehead atoms. The van der Waals surface area contributed by atoms with Crippen LogP contribution in [-0.2, 0) is 10.0 Å². The minimum atomic E-state index is -4.08. The van der Waals surface area contributed by atoms with E-state index in [1.54, 1.807) is 0 Å². The Labute approximate surface area is 112 Å². The van der Waals surface area contributed by atoms with E-state index in [4.69, 9.17) is 5.11 Å². The predicted molar refractivity (Wildman–Crippen MR) is 65.9 cm³/mol. The molecule has 2 aromatic heterocycles. The van der Waals surface area contributed by atoms with Crippen LogP contribution in [0.3, 0.4) is 0 Å². The molecule has 0 aromatic carbocycles. The minimum Gasteiger partial charge on any atom is -0.477 e. The summed E-state index contributed by atoms with van der Waals surface area (Å²) < 4.78 is 30.9. The molecule has 0 saturated heterocycles. The number of carboxylic acid groups (broad SMARTS) is 1. The van der Waals surface area contributed by atoms with Crippen molar-refractivity contribution in [3.05, 3.63) is 21.6 Å². The lowest BCUT2D eigenvalue weighted by Gasteiger charge is -2.04. The van der Waals surface area contributed by atoms with Gasteiger partial charge in [0.15, 0.2) is 5.82 Å². The monoisotopic (exact) mass is 303 g/mol. The molecular weight excluding hydrogens is 294 g/mol. The molecule has 2 N–H and O–H groups in total. The predicted octanol–water partition coefficient (Wildman–Crippen LogP) is 1.25. The van der Waals surface area contributed by atoms with Gasteiger partial charge in [-0.3, -0.25) is 0 Å². The van der Waals surface area contributed by atoms with Gasteiger partial charge in [0.2, 0.25) is 0 Å². The molecule has 10 heteroatoms. The van der Waals surface area contributed by atoms with Gasteiger partial charge in [-0.1, -0.05) is 5.16 Å². The van der Waals surface area contributed by atoms with E-state index in [0.29, 0.717) is 5.56 Å². The highest BCUT2D eigenvalue weighted by atomic mass is 32.2. The molecule has 0 atom stereocenters. The number of aryl methyl sites for hydroxylation is 2. The van der Waals surface area contributed by atoms with Crippen LogP contribution in [-0.4, -0.2) is 29.6 Å². The fourth-order valence-corrected chi connectivity index (χ4v) is 3.98. The quantitative estimate of drug-likeness (QED) is 0.871. The van der Waals surface area contributed by atoms with E-state index in [9.17, 15) is 13.2 Å². The zero-order chi connectivity index (χ0) is 14.2. The largest absolute Gasteiger partial charge is 0.477 e. The molecule has 2 heterocycles. The van der Waals surface area contributed by atoms with Crippen LogP contribution in [0.2, 0.25) is 0 Å². The zero-order valence-electron chi connectivity index (χ0n) is 9.87. The van der Waals surface area contributed by atoms with Crippen molar-refractivity contribution < 1.29 is 22.8 Å². The van der Waals surface area contributed by atoms with Crippen molar-refractivity contribution >= 4 is 33.3 Å². The molecule has 0 amide bonds. The maximum absolute atomic E-state index is 12.1. The Balaban J connectivity index is 2.45. The normalized spacial score (nSPS) is 11.5. The van der Waals surface area contributed by atoms with Crippen LogP contribution in [0.25, 0.3) is 0 Å². The highest BCUT2D eigenvalue weighted by Gasteiger charge is 2.28. The second-order valence-corrected chi connectivity index (χ2v) is 6.13. The lowest BCUT2D eigenvalue weighted by atomic mass is 10.3. The number of aromatic nitrogens is 2. The average molecular weight is 303 g/mol. The van der Waals surface area contributed by atoms with Crippen molar-refractivity contribution in [2.75, 3.05) is 4.72 Å². The number of hydrogen-bond acceptors (Lipinski definition) is 7. The summed E-state index contributed by atoms with van der Waals surface area (Å²) in [5.41, 5.74) is 0.339. The van der Waals surface area contributed by atoms with Crippen LogP contribution >= 0.6 is 11.3 Å². The number of carbonyl (C=O) groups is 1. The molecule has 0 aliphatic heterocycles. The van der Waals surface area contributed by atoms with E-state index in [1.165, 1.54) is 19.2 Å². The lowest BCUT2D eigenvalue weighted by Crippen LogP contribution is -2.16. The third-order valence-corrected chi connectivity index (χ3v) is 4.85. The maximum Gasteiger partial charge on any atom is 0.347 e. The van der Waals surface area contributed by atoms with Gasteiger partial charge in [0.05, 0.1) is 0 Å². The van der Waals surface area contributed by atoms with Gasteiger partial charge in [-0.15, -0.1) is 11.3 Å². The summed E-state index contributed by atoms with van der Waals surface area (Å²) in [5, 5.41) is 13.9. The fourth-order valence-electron chi connectivity index (χ4n) is 1.42. The van der Waals surface area contributed by atoms with E-state index in [-0.39, 0.29) is 21.6 Å². The number of rotatable bonds is 4. The van der Waals surface area contributed by atoms with Crippen molar-refractivity contribution in [2.45, 2.75) is 18.7 Å². The summed E-state index contributed by atoms with van der Waals surface area (Å²) in [6, 6.07) is -0.306. The van der Waals surface area contributed by atoms with Crippen molar-refractivity contribution in [3.63, 3.8) is 0 Å². The third kappa shape index (κ3) is 2.58. The number of carboxylic acids is 1. The second-order valence-electron chi connectivity index (χ2n) is 3.63. The molecule has 0 spiro atoms. The summed E-state index contributed by atoms with van der Waals surface area (Å²) in [5.74, 6) is -1.04. The first-order chi connectivity index (χ1) is 8.81. The Hall–Kier alpha value is -1.94. The Kier molecular flexibility index (Phi) is 3.28. The van der Waals surface area contributed by atoms with Gasteiger partial charge in [-0.05, 0) is 24.8 Å². The Morgan fingerprint density at radius 3 is 2.68 bits per heavy atom. The van der Waals surface area contributed by atoms with Crippen molar-refractivity contribution in [2.24, 2.45) is 0 Å². The van der Waals surface area contributed by atoms with Crippen LogP contribution in [0.15, 0.2) is 14.8 Å². The summed E-state index contributed by atoms with van der Waals surface area (Å²) in [6.07, 6.45) is 0. The molecular formula is C9H9N3O5S2. The van der Waals surface area contributed by atoms with Crippen molar-refractivity contribution in [1.82, 2.24) is 10.1 Å². The number of hydrogen-bond donors (Lipinski definition) is 2. The van der Waals surface area contributed by atoms with Gasteiger partial charge >= 0.3 is 12.0 Å². The molecule has 0 fully saturated rings. The van der Waals surface area contributed by atoms with E-state index >= 15 is 0 Å². The van der Waals surface area contributed by atoms with E-state index < -0.39 is 16.0 Å². The smallest absolute Gasteiger partial charge is 0.347 e. The maximum atomic E-state index is 12.1. The standard InChI is InChI=1S/C9H9N3O5S2/c1-4-3-18-6(8(13)14)7(4)19(15,16)12-9-10-5(2)11-17-9/h3H,1-2H3,(H,13,14)(H,10,11,12). The number of nitrogens with one attached hydrogen (secondary N) is 1. The number of sulfonamides is 1. The number of thiophene rings is 1. The van der Waals surface area contributed by atoms with Crippen LogP contribution in [0, 0.1) is 13.8 Å². The average Bonchev–Trinajstić information content (AvgIpc) is 2.84. The van der Waals surface area contributed by atoms with Gasteiger partial charge in [0, 0.05) is 0 Å². The van der Waals surface area contributed by atoms with E-state index in [2.05, 4.69) is 19.4 Å². The van der Waals surface area contributed by atoms with Crippen molar-refractivity contribution in [1.29, 1.82) is 0 Å². The Bertz CT molecular complexity index is 731. The van der Waals surface area contributed by atoms with Gasteiger partial charge in [0.25, 0.3) is 10.0 Å². The van der Waals surface area contributed by atoms with E-state index in [0.717, 1.165) is 11.3 Å². The number of aromatic carboxylic acids is 1. The minimum absolute atomic E-state index is 0.262. The SMILES string of the molecule is Cc1noc(NS(=O)(=O)c2c(C)csc2C(=O)O)n1. The molecule has 0 unspecified atom stereocenters. The highest BCUT2D eigenvalue weighted by molar-refractivity contribution is 7.93. The number of anilines is 1. The first kappa shape index (κ1) is 13.5. The molecule has 0 radical (unpaired) electrons. The fraction of sp³-hybridized carbons (Fsp3) is 0.222. The molecule has 0 aliphatic carbocycles. The van der Waals surface area contributed by atoms with Gasteiger partial charge in [-0.2, -0.15) is 4.98 Å². The van der Waals surface area contributed by atoms with Gasteiger partial charge < -0.3 is 9.63 Å². The molecule has 0 saturated carbocycles. The van der Waals surface area contributed by atoms with Crippen LogP contribution in [0.1, 0.15) is 21.1 Å². The van der Waals surface area contributed by atoms with Gasteiger partial charge in [0.1, 0.15) is 9.77 Å². The highest BCUT2D eigenvalue weighted by Crippen LogP contribution is 2.28. The van der Waals surface area contributed by atoms with Gasteiger partial charge in [-0.25, -0.2) is 17.9 Å². The summed E-state index contributed by atoms with van der Waals surface area (Å²) in [7, 11) is -4.08. The van der Waals surface area contributed by atoms with Crippen LogP contribution in [0.5, 0.6) is 0 Å². The van der Waals surface area contributed by atoms with Crippen molar-refractivity contribution in [3.8, 4) is 0 Å². The third-order valence-electron chi connectivity index (χ3n) is 2.13. The topological polar surface area (TPSA) is 122 Å². The molecule has 102 valence electrons. The molecule has 8 nitrogen and oxygen atoms in total. The second kappa shape index (κ2) is 4.63. The number of nitrogens with zero attached hydrogens (tertiary/aromatic N) is 2. The summed E-state index contributed by atoms with van der Waals surface area (Å²) in [6.45, 7) is 3.04.